The molecular formula is C4H9Se-. The van der Waals surface area contributed by atoms with Gasteiger partial charge in [-0.2, -0.15) is 0 Å². The van der Waals surface area contributed by atoms with Crippen LogP contribution in [0.5, 0.6) is 0 Å². The summed E-state index contributed by atoms with van der Waals surface area (Å²) in [6.45, 7) is 2.19. The van der Waals surface area contributed by atoms with E-state index in [2.05, 4.69) is 22.9 Å². The molecule has 0 rings (SSSR count). The van der Waals surface area contributed by atoms with Gasteiger partial charge in [0.05, 0.1) is 0 Å². The molecule has 0 aromatic carbocycles. The summed E-state index contributed by atoms with van der Waals surface area (Å²) in [5, 5.41) is 1.22. The molecule has 0 atom stereocenters. The Morgan fingerprint density at radius 1 is 1.60 bits per heavy atom. The summed E-state index contributed by atoms with van der Waals surface area (Å²) in [6, 6.07) is 0. The van der Waals surface area contributed by atoms with E-state index in [4.69, 9.17) is 0 Å². The Morgan fingerprint density at radius 2 is 2.20 bits per heavy atom. The number of hydrogen-bond donors (Lipinski definition) is 0. The molecule has 0 amide bonds. The van der Waals surface area contributed by atoms with E-state index in [0.717, 1.165) is 0 Å². The van der Waals surface area contributed by atoms with Crippen LogP contribution in [0.25, 0.3) is 0 Å². The third-order valence-corrected chi connectivity index (χ3v) is 1.10. The van der Waals surface area contributed by atoms with Gasteiger partial charge >= 0.3 is 41.1 Å². The van der Waals surface area contributed by atoms with E-state index in [0.29, 0.717) is 0 Å². The second kappa shape index (κ2) is 4.52. The maximum absolute atomic E-state index is 2.94. The third-order valence-electron chi connectivity index (χ3n) is 0.498. The Kier molecular flexibility index (Phi) is 4.99. The van der Waals surface area contributed by atoms with Crippen LogP contribution in [0.2, 0.25) is 5.32 Å². The molecule has 0 fully saturated rings. The van der Waals surface area contributed by atoms with E-state index in [1.165, 1.54) is 18.2 Å². The minimum absolute atomic E-state index is 1.22. The van der Waals surface area contributed by atoms with Crippen LogP contribution in [-0.4, -0.2) is 16.0 Å². The van der Waals surface area contributed by atoms with Gasteiger partial charge in [-0.3, -0.25) is 0 Å². The minimum atomic E-state index is 1.22. The summed E-state index contributed by atoms with van der Waals surface area (Å²) >= 11 is 2.94. The van der Waals surface area contributed by atoms with E-state index in [1.54, 1.807) is 0 Å². The molecule has 0 aromatic rings. The van der Waals surface area contributed by atoms with Crippen molar-refractivity contribution in [3.8, 4) is 0 Å². The quantitative estimate of drug-likeness (QED) is 0.503. The summed E-state index contributed by atoms with van der Waals surface area (Å²) in [5.41, 5.74) is 0. The first-order valence-electron chi connectivity index (χ1n) is 2.00. The number of rotatable bonds is 2. The van der Waals surface area contributed by atoms with Gasteiger partial charge in [0.25, 0.3) is 0 Å². The molecule has 0 saturated carbocycles. The van der Waals surface area contributed by atoms with Gasteiger partial charge in [0, 0.05) is 0 Å². The van der Waals surface area contributed by atoms with Gasteiger partial charge in [0.2, 0.25) is 0 Å². The van der Waals surface area contributed by atoms with Crippen LogP contribution in [0, 0.1) is 0 Å². The molecule has 0 aliphatic carbocycles. The molecule has 0 spiro atoms. The molecule has 0 aromatic heterocycles. The van der Waals surface area contributed by atoms with E-state index in [-0.39, 0.29) is 0 Å². The Labute approximate surface area is 41.8 Å². The van der Waals surface area contributed by atoms with Gasteiger partial charge in [-0.05, 0) is 0 Å². The Morgan fingerprint density at radius 3 is 2.20 bits per heavy atom. The van der Waals surface area contributed by atoms with Crippen molar-refractivity contribution in [2.75, 3.05) is 0 Å². The summed E-state index contributed by atoms with van der Waals surface area (Å²) < 4.78 is 0. The van der Waals surface area contributed by atoms with E-state index >= 15 is 0 Å². The van der Waals surface area contributed by atoms with Crippen molar-refractivity contribution in [2.24, 2.45) is 0 Å². The predicted molar refractivity (Wildman–Crippen MR) is 25.5 cm³/mol. The Hall–Kier alpha value is 0.519. The van der Waals surface area contributed by atoms with Gasteiger partial charge < -0.3 is 0 Å². The zero-order chi connectivity index (χ0) is 4.12. The SMILES string of the molecule is CCCC[Se-]. The molecule has 32 valence electrons. The van der Waals surface area contributed by atoms with Gasteiger partial charge in [0.1, 0.15) is 0 Å². The molecular weight excluding hydrogens is 127 g/mol. The Balaban J connectivity index is 2.19. The average molecular weight is 136 g/mol. The van der Waals surface area contributed by atoms with Gasteiger partial charge in [-0.15, -0.1) is 0 Å². The summed E-state index contributed by atoms with van der Waals surface area (Å²) in [4.78, 5) is 0. The van der Waals surface area contributed by atoms with E-state index in [9.17, 15) is 0 Å². The first-order valence-corrected chi connectivity index (χ1v) is 3.21. The zero-order valence-corrected chi connectivity index (χ0v) is 5.24. The van der Waals surface area contributed by atoms with Crippen LogP contribution < -0.4 is 0 Å². The van der Waals surface area contributed by atoms with Crippen molar-refractivity contribution >= 4 is 16.0 Å². The van der Waals surface area contributed by atoms with Gasteiger partial charge in [-0.25, -0.2) is 0 Å². The molecule has 0 saturated heterocycles. The van der Waals surface area contributed by atoms with Crippen LogP contribution in [0.1, 0.15) is 19.8 Å². The normalized spacial score (nSPS) is 8.40. The summed E-state index contributed by atoms with van der Waals surface area (Å²) in [5.74, 6) is 0. The number of hydrogen-bond acceptors (Lipinski definition) is 0. The van der Waals surface area contributed by atoms with E-state index < -0.39 is 0 Å². The first kappa shape index (κ1) is 5.52. The van der Waals surface area contributed by atoms with Gasteiger partial charge in [0.15, 0.2) is 0 Å². The molecule has 5 heavy (non-hydrogen) atoms. The molecule has 0 N–H and O–H groups in total. The molecule has 0 heterocycles. The molecule has 0 nitrogen and oxygen atoms in total. The van der Waals surface area contributed by atoms with Crippen LogP contribution in [0.4, 0.5) is 0 Å². The standard InChI is InChI=1S/C4H10Se/c1-2-3-4-5/h5H,2-4H2,1H3/p-1. The molecule has 0 unspecified atom stereocenters. The topological polar surface area (TPSA) is 0 Å². The van der Waals surface area contributed by atoms with Crippen molar-refractivity contribution in [3.63, 3.8) is 0 Å². The summed E-state index contributed by atoms with van der Waals surface area (Å²) in [6.07, 6.45) is 2.65. The van der Waals surface area contributed by atoms with Crippen molar-refractivity contribution in [2.45, 2.75) is 25.1 Å². The first-order chi connectivity index (χ1) is 2.41. The van der Waals surface area contributed by atoms with Crippen LogP contribution in [0.3, 0.4) is 0 Å². The molecule has 0 bridgehead atoms. The molecule has 0 radical (unpaired) electrons. The molecule has 1 heteroatoms. The fourth-order valence-electron chi connectivity index (χ4n) is 0.144. The Bertz CT molecular complexity index is 11.1. The fraction of sp³-hybridized carbons (Fsp3) is 1.00. The monoisotopic (exact) mass is 137 g/mol. The van der Waals surface area contributed by atoms with Crippen molar-refractivity contribution < 1.29 is 0 Å². The third kappa shape index (κ3) is 4.52. The van der Waals surface area contributed by atoms with Crippen LogP contribution in [0.15, 0.2) is 0 Å². The number of unbranched alkanes of at least 4 members (excludes halogenated alkanes) is 1. The van der Waals surface area contributed by atoms with Crippen molar-refractivity contribution in [1.29, 1.82) is 0 Å². The second-order valence-electron chi connectivity index (χ2n) is 1.06. The average Bonchev–Trinajstić information content (AvgIpc) is 1.41. The summed E-state index contributed by atoms with van der Waals surface area (Å²) in [7, 11) is 0. The van der Waals surface area contributed by atoms with Crippen LogP contribution >= 0.6 is 0 Å². The zero-order valence-electron chi connectivity index (χ0n) is 3.53. The maximum atomic E-state index is 2.94. The predicted octanol–water partition coefficient (Wildman–Crippen LogP) is 1.37. The van der Waals surface area contributed by atoms with Gasteiger partial charge in [-0.1, -0.05) is 0 Å². The fourth-order valence-corrected chi connectivity index (χ4v) is 0.750. The van der Waals surface area contributed by atoms with Crippen molar-refractivity contribution in [3.05, 3.63) is 0 Å². The molecule has 0 aliphatic heterocycles. The van der Waals surface area contributed by atoms with Crippen LogP contribution in [-0.2, 0) is 0 Å². The van der Waals surface area contributed by atoms with Crippen molar-refractivity contribution in [1.82, 2.24) is 0 Å². The second-order valence-corrected chi connectivity index (χ2v) is 1.91. The van der Waals surface area contributed by atoms with E-state index in [1.807, 2.05) is 0 Å². The molecule has 0 aliphatic rings.